The van der Waals surface area contributed by atoms with Gasteiger partial charge in [0.25, 0.3) is 5.91 Å². The summed E-state index contributed by atoms with van der Waals surface area (Å²) in [5.74, 6) is 1.49. The Morgan fingerprint density at radius 2 is 1.94 bits per heavy atom. The summed E-state index contributed by atoms with van der Waals surface area (Å²) in [7, 11) is 3.13. The van der Waals surface area contributed by atoms with Gasteiger partial charge in [-0.2, -0.15) is 0 Å². The molecule has 0 radical (unpaired) electrons. The number of hydrogen-bond acceptors (Lipinski definition) is 6. The van der Waals surface area contributed by atoms with Crippen molar-refractivity contribution >= 4 is 17.8 Å². The van der Waals surface area contributed by atoms with Crippen molar-refractivity contribution in [2.24, 2.45) is 0 Å². The quantitative estimate of drug-likeness (QED) is 0.648. The monoisotopic (exact) mass is 427 g/mol. The van der Waals surface area contributed by atoms with Crippen LogP contribution in [0.15, 0.2) is 34.9 Å². The van der Waals surface area contributed by atoms with Gasteiger partial charge in [0.15, 0.2) is 11.5 Å². The number of urea groups is 1. The molecule has 1 saturated heterocycles. The van der Waals surface area contributed by atoms with E-state index in [1.165, 1.54) is 4.90 Å². The van der Waals surface area contributed by atoms with E-state index in [2.05, 4.69) is 5.32 Å². The molecule has 2 aromatic rings. The highest BCUT2D eigenvalue weighted by Crippen LogP contribution is 2.37. The summed E-state index contributed by atoms with van der Waals surface area (Å²) in [5, 5.41) is 2.76. The van der Waals surface area contributed by atoms with E-state index in [-0.39, 0.29) is 30.8 Å². The molecule has 0 aliphatic carbocycles. The van der Waals surface area contributed by atoms with Crippen LogP contribution in [0.2, 0.25) is 0 Å². The van der Waals surface area contributed by atoms with Gasteiger partial charge >= 0.3 is 6.03 Å². The zero-order valence-electron chi connectivity index (χ0n) is 17.6. The molecule has 1 unspecified atom stereocenters. The number of furan rings is 1. The Bertz CT molecular complexity index is 936. The van der Waals surface area contributed by atoms with Crippen LogP contribution < -0.4 is 14.8 Å². The van der Waals surface area contributed by atoms with E-state index in [4.69, 9.17) is 13.9 Å². The van der Waals surface area contributed by atoms with Gasteiger partial charge in [0.05, 0.1) is 27.0 Å². The lowest BCUT2D eigenvalue weighted by atomic mass is 9.94. The van der Waals surface area contributed by atoms with Gasteiger partial charge in [0, 0.05) is 25.9 Å². The van der Waals surface area contributed by atoms with Crippen LogP contribution in [-0.4, -0.2) is 54.5 Å². The van der Waals surface area contributed by atoms with Gasteiger partial charge < -0.3 is 24.1 Å². The summed E-state index contributed by atoms with van der Waals surface area (Å²) >= 11 is 0. The minimum atomic E-state index is -0.522. The smallest absolute Gasteiger partial charge is 0.327 e. The number of benzene rings is 1. The molecule has 4 rings (SSSR count). The average molecular weight is 427 g/mol. The lowest BCUT2D eigenvalue weighted by Crippen LogP contribution is -2.40. The summed E-state index contributed by atoms with van der Waals surface area (Å²) in [6.07, 6.45) is 2.60. The third kappa shape index (κ3) is 4.08. The number of fused-ring (bicyclic) bond motifs is 2. The van der Waals surface area contributed by atoms with Crippen molar-refractivity contribution in [3.8, 4) is 11.5 Å². The molecule has 3 heterocycles. The summed E-state index contributed by atoms with van der Waals surface area (Å²) in [5.41, 5.74) is 1.91. The number of ether oxygens (including phenoxy) is 2. The largest absolute Gasteiger partial charge is 0.493 e. The minimum Gasteiger partial charge on any atom is -0.493 e. The molecule has 9 heteroatoms. The first-order valence-electron chi connectivity index (χ1n) is 10.2. The van der Waals surface area contributed by atoms with Gasteiger partial charge in [-0.15, -0.1) is 0 Å². The van der Waals surface area contributed by atoms with Crippen molar-refractivity contribution < 1.29 is 28.3 Å². The Labute approximate surface area is 179 Å². The van der Waals surface area contributed by atoms with Crippen molar-refractivity contribution in [1.82, 2.24) is 15.1 Å². The van der Waals surface area contributed by atoms with E-state index in [1.807, 2.05) is 12.1 Å². The van der Waals surface area contributed by atoms with E-state index in [0.717, 1.165) is 11.1 Å². The lowest BCUT2D eigenvalue weighted by Gasteiger charge is -2.29. The second kappa shape index (κ2) is 8.71. The van der Waals surface area contributed by atoms with Crippen LogP contribution in [0, 0.1) is 0 Å². The average Bonchev–Trinajstić information content (AvgIpc) is 3.38. The topological polar surface area (TPSA) is 101 Å². The molecule has 4 amide bonds. The predicted molar refractivity (Wildman–Crippen MR) is 109 cm³/mol. The van der Waals surface area contributed by atoms with Crippen LogP contribution in [-0.2, 0) is 29.1 Å². The van der Waals surface area contributed by atoms with Crippen LogP contribution in [0.25, 0.3) is 0 Å². The molecule has 31 heavy (non-hydrogen) atoms. The van der Waals surface area contributed by atoms with Crippen molar-refractivity contribution in [2.45, 2.75) is 38.4 Å². The van der Waals surface area contributed by atoms with Gasteiger partial charge in [0.2, 0.25) is 5.91 Å². The molecule has 2 aliphatic rings. The summed E-state index contributed by atoms with van der Waals surface area (Å²) in [6.45, 7) is 0.862. The number of imide groups is 1. The molecule has 0 spiro atoms. The van der Waals surface area contributed by atoms with E-state index >= 15 is 0 Å². The maximum atomic E-state index is 12.9. The Hall–Kier alpha value is -3.49. The Balaban J connectivity index is 1.35. The zero-order chi connectivity index (χ0) is 22.0. The van der Waals surface area contributed by atoms with Crippen LogP contribution >= 0.6 is 0 Å². The number of carbonyl (C=O) groups is 3. The molecule has 1 fully saturated rings. The maximum Gasteiger partial charge on any atom is 0.327 e. The number of rotatable bonds is 8. The van der Waals surface area contributed by atoms with E-state index in [1.54, 1.807) is 37.5 Å². The number of methoxy groups -OCH3 is 2. The molecule has 164 valence electrons. The fourth-order valence-corrected chi connectivity index (χ4v) is 4.05. The van der Waals surface area contributed by atoms with E-state index in [0.29, 0.717) is 43.2 Å². The minimum absolute atomic E-state index is 0.153. The molecular weight excluding hydrogens is 402 g/mol. The van der Waals surface area contributed by atoms with Crippen LogP contribution in [0.3, 0.4) is 0 Å². The molecule has 9 nitrogen and oxygen atoms in total. The first kappa shape index (κ1) is 20.8. The van der Waals surface area contributed by atoms with Crippen molar-refractivity contribution in [1.29, 1.82) is 0 Å². The molecule has 1 aromatic heterocycles. The van der Waals surface area contributed by atoms with E-state index in [9.17, 15) is 14.4 Å². The van der Waals surface area contributed by atoms with Crippen molar-refractivity contribution in [3.63, 3.8) is 0 Å². The Morgan fingerprint density at radius 3 is 2.61 bits per heavy atom. The second-order valence-corrected chi connectivity index (χ2v) is 7.56. The number of nitrogens with one attached hydrogen (secondary N) is 1. The fourth-order valence-electron chi connectivity index (χ4n) is 4.05. The standard InChI is InChI=1S/C22H25N3O6/c1-29-18-10-14-9-17-21(27)24(22(28)25(17)13-15(14)11-19(18)30-2)7-3-6-20(26)23-12-16-5-4-8-31-16/h4-5,8,10-11,17H,3,6-7,9,12-13H2,1-2H3,(H,23,26). The SMILES string of the molecule is COc1cc2c(cc1OC)CN1C(=O)N(CCCC(=O)NCc3ccco3)C(=O)C1C2. The van der Waals surface area contributed by atoms with Gasteiger partial charge in [-0.3, -0.25) is 14.5 Å². The van der Waals surface area contributed by atoms with Gasteiger partial charge in [-0.25, -0.2) is 4.79 Å². The third-order valence-corrected chi connectivity index (χ3v) is 5.69. The number of carbonyl (C=O) groups excluding carboxylic acids is 3. The van der Waals surface area contributed by atoms with Gasteiger partial charge in [-0.1, -0.05) is 0 Å². The molecule has 1 N–H and O–H groups in total. The van der Waals surface area contributed by atoms with Crippen molar-refractivity contribution in [3.05, 3.63) is 47.4 Å². The molecule has 0 saturated carbocycles. The third-order valence-electron chi connectivity index (χ3n) is 5.69. The first-order chi connectivity index (χ1) is 15.0. The van der Waals surface area contributed by atoms with Crippen molar-refractivity contribution in [2.75, 3.05) is 20.8 Å². The highest BCUT2D eigenvalue weighted by atomic mass is 16.5. The summed E-state index contributed by atoms with van der Waals surface area (Å²) in [6, 6.07) is 6.42. The zero-order valence-corrected chi connectivity index (χ0v) is 17.6. The molecule has 2 aliphatic heterocycles. The highest BCUT2D eigenvalue weighted by molar-refractivity contribution is 6.04. The highest BCUT2D eigenvalue weighted by Gasteiger charge is 2.47. The van der Waals surface area contributed by atoms with Crippen LogP contribution in [0.5, 0.6) is 11.5 Å². The first-order valence-corrected chi connectivity index (χ1v) is 10.2. The van der Waals surface area contributed by atoms with Crippen LogP contribution in [0.1, 0.15) is 29.7 Å². The second-order valence-electron chi connectivity index (χ2n) is 7.56. The number of nitrogens with zero attached hydrogens (tertiary/aromatic N) is 2. The molecular formula is C22H25N3O6. The maximum absolute atomic E-state index is 12.9. The summed E-state index contributed by atoms with van der Waals surface area (Å²) < 4.78 is 15.9. The fraction of sp³-hybridized carbons (Fsp3) is 0.409. The molecule has 1 atom stereocenters. The Morgan fingerprint density at radius 1 is 1.19 bits per heavy atom. The summed E-state index contributed by atoms with van der Waals surface area (Å²) in [4.78, 5) is 40.6. The normalized spacial score (nSPS) is 17.4. The number of hydrogen-bond donors (Lipinski definition) is 1. The molecule has 1 aromatic carbocycles. The van der Waals surface area contributed by atoms with Gasteiger partial charge in [-0.05, 0) is 41.8 Å². The van der Waals surface area contributed by atoms with E-state index < -0.39 is 6.04 Å². The molecule has 0 bridgehead atoms. The predicted octanol–water partition coefficient (Wildman–Crippen LogP) is 2.08. The lowest BCUT2D eigenvalue weighted by molar-refractivity contribution is -0.129. The Kier molecular flexibility index (Phi) is 5.83. The van der Waals surface area contributed by atoms with Gasteiger partial charge in [0.1, 0.15) is 11.8 Å². The number of amides is 4. The van der Waals surface area contributed by atoms with Crippen LogP contribution in [0.4, 0.5) is 4.79 Å².